The summed E-state index contributed by atoms with van der Waals surface area (Å²) in [4.78, 5) is 27.3. The molecule has 2 aliphatic heterocycles. The largest absolute Gasteiger partial charge is 0.486 e. The van der Waals surface area contributed by atoms with E-state index in [9.17, 15) is 14.0 Å². The van der Waals surface area contributed by atoms with E-state index in [2.05, 4.69) is 0 Å². The van der Waals surface area contributed by atoms with Crippen molar-refractivity contribution in [3.8, 4) is 17.2 Å². The first-order valence-corrected chi connectivity index (χ1v) is 11.3. The second-order valence-electron chi connectivity index (χ2n) is 8.30. The molecule has 0 N–H and O–H groups in total. The number of ketones is 1. The zero-order chi connectivity index (χ0) is 23.5. The summed E-state index contributed by atoms with van der Waals surface area (Å²) in [5, 5.41) is 0. The number of amides is 1. The van der Waals surface area contributed by atoms with Gasteiger partial charge in [-0.3, -0.25) is 9.59 Å². The molecule has 1 amide bonds. The van der Waals surface area contributed by atoms with Gasteiger partial charge < -0.3 is 19.1 Å². The Morgan fingerprint density at radius 2 is 1.59 bits per heavy atom. The molecule has 7 heteroatoms. The second kappa shape index (κ2) is 9.55. The quantitative estimate of drug-likeness (QED) is 0.503. The van der Waals surface area contributed by atoms with Crippen LogP contribution >= 0.6 is 0 Å². The van der Waals surface area contributed by atoms with E-state index < -0.39 is 0 Å². The fourth-order valence-electron chi connectivity index (χ4n) is 4.38. The summed E-state index contributed by atoms with van der Waals surface area (Å²) in [6.07, 6.45) is 1.80. The Morgan fingerprint density at radius 3 is 2.32 bits per heavy atom. The second-order valence-corrected chi connectivity index (χ2v) is 8.30. The minimum Gasteiger partial charge on any atom is -0.486 e. The summed E-state index contributed by atoms with van der Waals surface area (Å²) < 4.78 is 30.1. The summed E-state index contributed by atoms with van der Waals surface area (Å²) in [5.41, 5.74) is 1.90. The van der Waals surface area contributed by atoms with Crippen molar-refractivity contribution in [1.82, 2.24) is 4.90 Å². The third kappa shape index (κ3) is 4.59. The summed E-state index contributed by atoms with van der Waals surface area (Å²) in [5.74, 6) is 1.26. The van der Waals surface area contributed by atoms with Crippen LogP contribution in [-0.4, -0.2) is 43.0 Å². The molecule has 5 rings (SSSR count). The van der Waals surface area contributed by atoms with E-state index >= 15 is 0 Å². The van der Waals surface area contributed by atoms with E-state index in [1.54, 1.807) is 24.3 Å². The van der Waals surface area contributed by atoms with Crippen molar-refractivity contribution in [3.05, 3.63) is 89.2 Å². The van der Waals surface area contributed by atoms with Crippen LogP contribution in [0, 0.1) is 5.82 Å². The molecule has 1 fully saturated rings. The number of halogens is 1. The van der Waals surface area contributed by atoms with Crippen LogP contribution in [0.2, 0.25) is 0 Å². The van der Waals surface area contributed by atoms with E-state index in [0.29, 0.717) is 36.6 Å². The fraction of sp³-hybridized carbons (Fsp3) is 0.259. The van der Waals surface area contributed by atoms with E-state index in [1.807, 2.05) is 23.1 Å². The van der Waals surface area contributed by atoms with Crippen LogP contribution in [0.5, 0.6) is 17.2 Å². The Bertz CT molecular complexity index is 1190. The molecule has 0 spiro atoms. The van der Waals surface area contributed by atoms with E-state index in [1.165, 1.54) is 24.3 Å². The van der Waals surface area contributed by atoms with E-state index in [4.69, 9.17) is 14.2 Å². The standard InChI is InChI=1S/C27H24FNO5/c28-21-8-3-18(4-9-21)27(31)19-5-10-22(11-6-19)34-17-26(30)29-13-1-2-23(29)20-7-12-24-25(16-20)33-15-14-32-24/h3-12,16,23H,1-2,13-15,17H2/t23-/m1/s1. The third-order valence-electron chi connectivity index (χ3n) is 6.11. The first-order chi connectivity index (χ1) is 16.6. The van der Waals surface area contributed by atoms with E-state index in [0.717, 1.165) is 29.9 Å². The zero-order valence-electron chi connectivity index (χ0n) is 18.5. The highest BCUT2D eigenvalue weighted by molar-refractivity contribution is 6.09. The summed E-state index contributed by atoms with van der Waals surface area (Å²) >= 11 is 0. The Kier molecular flexibility index (Phi) is 6.16. The van der Waals surface area contributed by atoms with Crippen molar-refractivity contribution in [1.29, 1.82) is 0 Å². The van der Waals surface area contributed by atoms with Crippen molar-refractivity contribution >= 4 is 11.7 Å². The van der Waals surface area contributed by atoms with Gasteiger partial charge in [-0.2, -0.15) is 0 Å². The van der Waals surface area contributed by atoms with Gasteiger partial charge in [-0.25, -0.2) is 4.39 Å². The Balaban J connectivity index is 1.21. The number of carbonyl (C=O) groups is 2. The van der Waals surface area contributed by atoms with Gasteiger partial charge in [0, 0.05) is 17.7 Å². The van der Waals surface area contributed by atoms with Gasteiger partial charge in [0.05, 0.1) is 6.04 Å². The van der Waals surface area contributed by atoms with Crippen LogP contribution in [0.3, 0.4) is 0 Å². The number of hydrogen-bond donors (Lipinski definition) is 0. The van der Waals surface area contributed by atoms with Crippen LogP contribution in [0.1, 0.15) is 40.4 Å². The maximum absolute atomic E-state index is 13.1. The Labute approximate surface area is 196 Å². The van der Waals surface area contributed by atoms with Crippen LogP contribution in [0.4, 0.5) is 4.39 Å². The molecular weight excluding hydrogens is 437 g/mol. The zero-order valence-corrected chi connectivity index (χ0v) is 18.5. The van der Waals surface area contributed by atoms with Crippen LogP contribution in [0.15, 0.2) is 66.7 Å². The lowest BCUT2D eigenvalue weighted by molar-refractivity contribution is -0.134. The molecule has 0 unspecified atom stereocenters. The number of hydrogen-bond acceptors (Lipinski definition) is 5. The normalized spacial score (nSPS) is 16.9. The molecule has 0 radical (unpaired) electrons. The predicted octanol–water partition coefficient (Wildman–Crippen LogP) is 4.57. The Morgan fingerprint density at radius 1 is 0.912 bits per heavy atom. The highest BCUT2D eigenvalue weighted by atomic mass is 19.1. The van der Waals surface area contributed by atoms with Gasteiger partial charge >= 0.3 is 0 Å². The Hall–Kier alpha value is -3.87. The highest BCUT2D eigenvalue weighted by Gasteiger charge is 2.31. The number of benzene rings is 3. The van der Waals surface area contributed by atoms with Gasteiger partial charge in [-0.05, 0) is 79.1 Å². The lowest BCUT2D eigenvalue weighted by atomic mass is 10.0. The van der Waals surface area contributed by atoms with Gasteiger partial charge in [0.2, 0.25) is 0 Å². The fourth-order valence-corrected chi connectivity index (χ4v) is 4.38. The lowest BCUT2D eigenvalue weighted by Gasteiger charge is -2.26. The molecule has 6 nitrogen and oxygen atoms in total. The van der Waals surface area contributed by atoms with Crippen molar-refractivity contribution in [2.45, 2.75) is 18.9 Å². The minimum atomic E-state index is -0.390. The number of nitrogens with zero attached hydrogens (tertiary/aromatic N) is 1. The number of carbonyl (C=O) groups excluding carboxylic acids is 2. The van der Waals surface area contributed by atoms with Crippen LogP contribution < -0.4 is 14.2 Å². The molecule has 2 aliphatic rings. The van der Waals surface area contributed by atoms with Crippen molar-refractivity contribution in [2.24, 2.45) is 0 Å². The van der Waals surface area contributed by atoms with Gasteiger partial charge in [0.1, 0.15) is 24.8 Å². The molecule has 1 atom stereocenters. The highest BCUT2D eigenvalue weighted by Crippen LogP contribution is 2.38. The first-order valence-electron chi connectivity index (χ1n) is 11.3. The third-order valence-corrected chi connectivity index (χ3v) is 6.11. The number of likely N-dealkylation sites (tertiary alicyclic amines) is 1. The van der Waals surface area contributed by atoms with E-state index in [-0.39, 0.29) is 30.2 Å². The molecule has 174 valence electrons. The average molecular weight is 461 g/mol. The van der Waals surface area contributed by atoms with Gasteiger partial charge in [-0.1, -0.05) is 6.07 Å². The summed E-state index contributed by atoms with van der Waals surface area (Å²) in [6.45, 7) is 1.64. The number of ether oxygens (including phenoxy) is 3. The molecule has 2 heterocycles. The maximum Gasteiger partial charge on any atom is 0.261 e. The van der Waals surface area contributed by atoms with Gasteiger partial charge in [-0.15, -0.1) is 0 Å². The van der Waals surface area contributed by atoms with Gasteiger partial charge in [0.25, 0.3) is 5.91 Å². The summed E-state index contributed by atoms with van der Waals surface area (Å²) in [7, 11) is 0. The molecular formula is C27H24FNO5. The first kappa shape index (κ1) is 21.9. The summed E-state index contributed by atoms with van der Waals surface area (Å²) in [6, 6.07) is 17.8. The molecule has 0 saturated carbocycles. The molecule has 0 aromatic heterocycles. The predicted molar refractivity (Wildman–Crippen MR) is 123 cm³/mol. The molecule has 3 aromatic rings. The van der Waals surface area contributed by atoms with Crippen molar-refractivity contribution < 1.29 is 28.2 Å². The molecule has 1 saturated heterocycles. The molecule has 34 heavy (non-hydrogen) atoms. The molecule has 3 aromatic carbocycles. The van der Waals surface area contributed by atoms with Gasteiger partial charge in [0.15, 0.2) is 23.9 Å². The van der Waals surface area contributed by atoms with Crippen molar-refractivity contribution in [3.63, 3.8) is 0 Å². The molecule has 0 aliphatic carbocycles. The number of rotatable bonds is 6. The van der Waals surface area contributed by atoms with Crippen molar-refractivity contribution in [2.75, 3.05) is 26.4 Å². The maximum atomic E-state index is 13.1. The SMILES string of the molecule is O=C(c1ccc(F)cc1)c1ccc(OCC(=O)N2CCC[C@@H]2c2ccc3c(c2)OCCO3)cc1. The lowest BCUT2D eigenvalue weighted by Crippen LogP contribution is -2.34. The van der Waals surface area contributed by atoms with Crippen LogP contribution in [-0.2, 0) is 4.79 Å². The smallest absolute Gasteiger partial charge is 0.261 e. The monoisotopic (exact) mass is 461 g/mol. The topological polar surface area (TPSA) is 65.1 Å². The minimum absolute atomic E-state index is 0.0253. The van der Waals surface area contributed by atoms with Crippen LogP contribution in [0.25, 0.3) is 0 Å². The number of fused-ring (bicyclic) bond motifs is 1. The average Bonchev–Trinajstić information content (AvgIpc) is 3.37. The molecule has 0 bridgehead atoms.